The van der Waals surface area contributed by atoms with Crippen LogP contribution in [-0.2, 0) is 6.42 Å². The maximum Gasteiger partial charge on any atom is 0.123 e. The number of rotatable bonds is 5. The molecule has 0 radical (unpaired) electrons. The summed E-state index contributed by atoms with van der Waals surface area (Å²) < 4.78 is 13.3. The Labute approximate surface area is 156 Å². The first-order valence-electron chi connectivity index (χ1n) is 9.35. The van der Waals surface area contributed by atoms with Gasteiger partial charge in [-0.25, -0.2) is 4.39 Å². The first-order chi connectivity index (χ1) is 12.5. The zero-order valence-corrected chi connectivity index (χ0v) is 15.7. The summed E-state index contributed by atoms with van der Waals surface area (Å²) in [5, 5.41) is 11.8. The molecule has 1 aliphatic carbocycles. The van der Waals surface area contributed by atoms with Crippen LogP contribution in [0.25, 0.3) is 6.08 Å². The van der Waals surface area contributed by atoms with Gasteiger partial charge in [-0.05, 0) is 62.2 Å². The molecule has 2 aromatic carbocycles. The molecule has 3 heteroatoms. The van der Waals surface area contributed by atoms with E-state index in [2.05, 4.69) is 23.1 Å². The van der Waals surface area contributed by atoms with E-state index in [1.807, 2.05) is 32.3 Å². The number of nitrogens with zero attached hydrogens (tertiary/aromatic N) is 1. The monoisotopic (exact) mass is 353 g/mol. The average Bonchev–Trinajstić information content (AvgIpc) is 2.61. The normalized spacial score (nSPS) is 25.0. The van der Waals surface area contributed by atoms with Crippen molar-refractivity contribution in [1.29, 1.82) is 0 Å². The second-order valence-corrected chi connectivity index (χ2v) is 7.66. The molecule has 2 aromatic rings. The number of benzene rings is 2. The van der Waals surface area contributed by atoms with Gasteiger partial charge in [0.25, 0.3) is 0 Å². The van der Waals surface area contributed by atoms with Crippen molar-refractivity contribution in [2.45, 2.75) is 31.3 Å². The second kappa shape index (κ2) is 8.15. The molecule has 1 saturated carbocycles. The van der Waals surface area contributed by atoms with Crippen molar-refractivity contribution in [2.75, 3.05) is 20.6 Å². The first-order valence-corrected chi connectivity index (χ1v) is 9.35. The molecule has 1 N–H and O–H groups in total. The van der Waals surface area contributed by atoms with Crippen LogP contribution in [0.5, 0.6) is 0 Å². The minimum atomic E-state index is -0.907. The molecule has 1 fully saturated rings. The standard InChI is InChI=1S/C23H28FNO/c1-25(2)17-21-10-6-9-20(15-18-7-4-3-5-8-18)23(21,26)16-19-11-13-22(24)14-12-19/h3-5,7-8,11-15,21,26H,6,9-10,16-17H2,1-2H3/b20-15+. The number of halogens is 1. The lowest BCUT2D eigenvalue weighted by Gasteiger charge is -2.43. The zero-order valence-electron chi connectivity index (χ0n) is 15.7. The highest BCUT2D eigenvalue weighted by atomic mass is 19.1. The Morgan fingerprint density at radius 2 is 1.81 bits per heavy atom. The van der Waals surface area contributed by atoms with Gasteiger partial charge in [0.2, 0.25) is 0 Å². The van der Waals surface area contributed by atoms with E-state index in [0.717, 1.165) is 42.5 Å². The molecule has 0 spiro atoms. The quantitative estimate of drug-likeness (QED) is 0.853. The van der Waals surface area contributed by atoms with Crippen molar-refractivity contribution in [3.05, 3.63) is 77.1 Å². The predicted octanol–water partition coefficient (Wildman–Crippen LogP) is 4.54. The predicted molar refractivity (Wildman–Crippen MR) is 105 cm³/mol. The Bertz CT molecular complexity index is 739. The van der Waals surface area contributed by atoms with Crippen molar-refractivity contribution in [1.82, 2.24) is 4.90 Å². The SMILES string of the molecule is CN(C)CC1CCC/C(=C\c2ccccc2)C1(O)Cc1ccc(F)cc1. The van der Waals surface area contributed by atoms with E-state index in [9.17, 15) is 9.50 Å². The van der Waals surface area contributed by atoms with Crippen molar-refractivity contribution in [3.63, 3.8) is 0 Å². The van der Waals surface area contributed by atoms with E-state index in [1.165, 1.54) is 12.1 Å². The van der Waals surface area contributed by atoms with Crippen molar-refractivity contribution < 1.29 is 9.50 Å². The summed E-state index contributed by atoms with van der Waals surface area (Å²) >= 11 is 0. The van der Waals surface area contributed by atoms with Crippen molar-refractivity contribution in [3.8, 4) is 0 Å². The zero-order chi connectivity index (χ0) is 18.6. The third kappa shape index (κ3) is 4.40. The van der Waals surface area contributed by atoms with E-state index in [0.29, 0.717) is 6.42 Å². The fraction of sp³-hybridized carbons (Fsp3) is 0.391. The van der Waals surface area contributed by atoms with E-state index in [-0.39, 0.29) is 11.7 Å². The number of aliphatic hydroxyl groups is 1. The van der Waals surface area contributed by atoms with Gasteiger partial charge in [0.05, 0.1) is 5.60 Å². The number of hydrogen-bond acceptors (Lipinski definition) is 2. The molecule has 0 aliphatic heterocycles. The lowest BCUT2D eigenvalue weighted by molar-refractivity contribution is -0.0123. The van der Waals surface area contributed by atoms with Gasteiger partial charge in [-0.3, -0.25) is 0 Å². The molecule has 138 valence electrons. The van der Waals surface area contributed by atoms with E-state index in [1.54, 1.807) is 12.1 Å². The van der Waals surface area contributed by atoms with Gasteiger partial charge >= 0.3 is 0 Å². The van der Waals surface area contributed by atoms with Gasteiger partial charge in [0, 0.05) is 18.9 Å². The fourth-order valence-electron chi connectivity index (χ4n) is 4.06. The van der Waals surface area contributed by atoms with Crippen molar-refractivity contribution in [2.24, 2.45) is 5.92 Å². The third-order valence-electron chi connectivity index (χ3n) is 5.34. The highest BCUT2D eigenvalue weighted by Gasteiger charge is 2.42. The minimum absolute atomic E-state index is 0.159. The Kier molecular flexibility index (Phi) is 5.90. The maximum absolute atomic E-state index is 13.3. The molecular formula is C23H28FNO. The van der Waals surface area contributed by atoms with Gasteiger partial charge in [-0.1, -0.05) is 48.5 Å². The van der Waals surface area contributed by atoms with Crippen LogP contribution in [0.4, 0.5) is 4.39 Å². The van der Waals surface area contributed by atoms with Crippen molar-refractivity contribution >= 4 is 6.08 Å². The van der Waals surface area contributed by atoms with E-state index in [4.69, 9.17) is 0 Å². The third-order valence-corrected chi connectivity index (χ3v) is 5.34. The lowest BCUT2D eigenvalue weighted by atomic mass is 9.68. The Morgan fingerprint density at radius 1 is 1.12 bits per heavy atom. The van der Waals surface area contributed by atoms with Gasteiger partial charge in [-0.15, -0.1) is 0 Å². The van der Waals surface area contributed by atoms with Gasteiger partial charge in [0.1, 0.15) is 5.82 Å². The molecule has 0 aromatic heterocycles. The summed E-state index contributed by atoms with van der Waals surface area (Å²) in [4.78, 5) is 2.14. The van der Waals surface area contributed by atoms with Crippen LogP contribution in [-0.4, -0.2) is 36.2 Å². The lowest BCUT2D eigenvalue weighted by Crippen LogP contribution is -2.48. The summed E-state index contributed by atoms with van der Waals surface area (Å²) in [5.41, 5.74) is 2.27. The molecule has 0 heterocycles. The van der Waals surface area contributed by atoms with Crippen LogP contribution < -0.4 is 0 Å². The molecule has 26 heavy (non-hydrogen) atoms. The summed E-state index contributed by atoms with van der Waals surface area (Å²) in [6.45, 7) is 0.837. The topological polar surface area (TPSA) is 23.5 Å². The molecule has 2 unspecified atom stereocenters. The summed E-state index contributed by atoms with van der Waals surface area (Å²) in [5.74, 6) is -0.0828. The van der Waals surface area contributed by atoms with Gasteiger partial charge in [-0.2, -0.15) is 0 Å². The fourth-order valence-corrected chi connectivity index (χ4v) is 4.06. The summed E-state index contributed by atoms with van der Waals surface area (Å²) in [6.07, 6.45) is 5.65. The van der Waals surface area contributed by atoms with Gasteiger partial charge in [0.15, 0.2) is 0 Å². The van der Waals surface area contributed by atoms with Crippen LogP contribution in [0.15, 0.2) is 60.2 Å². The Morgan fingerprint density at radius 3 is 2.46 bits per heavy atom. The molecule has 2 nitrogen and oxygen atoms in total. The molecule has 3 rings (SSSR count). The highest BCUT2D eigenvalue weighted by molar-refractivity contribution is 5.56. The molecule has 0 amide bonds. The summed E-state index contributed by atoms with van der Waals surface area (Å²) in [7, 11) is 4.10. The van der Waals surface area contributed by atoms with Crippen LogP contribution in [0.1, 0.15) is 30.4 Å². The summed E-state index contributed by atoms with van der Waals surface area (Å²) in [6, 6.07) is 16.7. The van der Waals surface area contributed by atoms with E-state index < -0.39 is 5.60 Å². The smallest absolute Gasteiger partial charge is 0.123 e. The molecule has 2 atom stereocenters. The number of hydrogen-bond donors (Lipinski definition) is 1. The molecule has 1 aliphatic rings. The Balaban J connectivity index is 1.97. The van der Waals surface area contributed by atoms with Crippen LogP contribution >= 0.6 is 0 Å². The van der Waals surface area contributed by atoms with Crippen LogP contribution in [0, 0.1) is 11.7 Å². The highest BCUT2D eigenvalue weighted by Crippen LogP contribution is 2.41. The van der Waals surface area contributed by atoms with E-state index >= 15 is 0 Å². The maximum atomic E-state index is 13.3. The second-order valence-electron chi connectivity index (χ2n) is 7.66. The van der Waals surface area contributed by atoms with Gasteiger partial charge < -0.3 is 10.0 Å². The molecule has 0 saturated heterocycles. The molecule has 0 bridgehead atoms. The van der Waals surface area contributed by atoms with Crippen LogP contribution in [0.2, 0.25) is 0 Å². The molecular weight excluding hydrogens is 325 g/mol. The minimum Gasteiger partial charge on any atom is -0.385 e. The van der Waals surface area contributed by atoms with Crippen LogP contribution in [0.3, 0.4) is 0 Å². The largest absolute Gasteiger partial charge is 0.385 e. The Hall–Kier alpha value is -1.97. The first kappa shape index (κ1) is 18.8. The average molecular weight is 353 g/mol.